The molecule has 3 atom stereocenters. The highest BCUT2D eigenvalue weighted by Gasteiger charge is 2.59. The van der Waals surface area contributed by atoms with Crippen LogP contribution < -0.4 is 0 Å². The van der Waals surface area contributed by atoms with Gasteiger partial charge in [0.1, 0.15) is 0 Å². The monoisotopic (exact) mass is 168 g/mol. The quantitative estimate of drug-likeness (QED) is 0.602. The van der Waals surface area contributed by atoms with Crippen LogP contribution in [0.2, 0.25) is 0 Å². The lowest BCUT2D eigenvalue weighted by molar-refractivity contribution is 0.206. The number of fused-ring (bicyclic) bond motifs is 1. The van der Waals surface area contributed by atoms with Crippen molar-refractivity contribution in [3.63, 3.8) is 0 Å². The molecule has 0 saturated heterocycles. The first-order chi connectivity index (χ1) is 5.72. The highest BCUT2D eigenvalue weighted by molar-refractivity contribution is 5.24. The van der Waals surface area contributed by atoms with Gasteiger partial charge in [0.15, 0.2) is 0 Å². The number of hydrogen-bond acceptors (Lipinski definition) is 2. The van der Waals surface area contributed by atoms with Crippen LogP contribution in [-0.4, -0.2) is 23.4 Å². The maximum atomic E-state index is 9.16. The molecular weight excluding hydrogens is 152 g/mol. The average molecular weight is 168 g/mol. The van der Waals surface area contributed by atoms with Crippen LogP contribution in [-0.2, 0) is 0 Å². The van der Waals surface area contributed by atoms with Crippen molar-refractivity contribution in [2.75, 3.05) is 13.2 Å². The maximum absolute atomic E-state index is 9.16. The van der Waals surface area contributed by atoms with Crippen molar-refractivity contribution in [2.24, 2.45) is 17.3 Å². The Bertz CT molecular complexity index is 222. The number of allylic oxidation sites excluding steroid dienone is 1. The summed E-state index contributed by atoms with van der Waals surface area (Å²) in [5.41, 5.74) is 1.30. The van der Waals surface area contributed by atoms with Crippen LogP contribution in [0.25, 0.3) is 0 Å². The highest BCUT2D eigenvalue weighted by atomic mass is 16.3. The van der Waals surface area contributed by atoms with Gasteiger partial charge in [-0.1, -0.05) is 13.0 Å². The Hall–Kier alpha value is -0.340. The standard InChI is InChI=1S/C10H16O2/c1-10(6-12)8-3-2-7(5-11)4-9(8)10/h4,8-9,11-12H,2-3,5-6H2,1H3. The molecular formula is C10H16O2. The van der Waals surface area contributed by atoms with E-state index in [0.717, 1.165) is 18.4 Å². The van der Waals surface area contributed by atoms with E-state index in [2.05, 4.69) is 13.0 Å². The van der Waals surface area contributed by atoms with Crippen molar-refractivity contribution < 1.29 is 10.2 Å². The molecule has 2 aliphatic rings. The van der Waals surface area contributed by atoms with E-state index in [1.165, 1.54) is 0 Å². The summed E-state index contributed by atoms with van der Waals surface area (Å²) in [6.07, 6.45) is 4.34. The minimum atomic E-state index is 0.136. The molecule has 1 fully saturated rings. The first-order valence-electron chi connectivity index (χ1n) is 4.63. The lowest BCUT2D eigenvalue weighted by Crippen LogP contribution is -2.04. The van der Waals surface area contributed by atoms with Gasteiger partial charge in [-0.3, -0.25) is 0 Å². The summed E-state index contributed by atoms with van der Waals surface area (Å²) >= 11 is 0. The fourth-order valence-electron chi connectivity index (χ4n) is 2.55. The van der Waals surface area contributed by atoms with Gasteiger partial charge in [-0.2, -0.15) is 0 Å². The number of hydrogen-bond donors (Lipinski definition) is 2. The predicted octanol–water partition coefficient (Wildman–Crippen LogP) is 0.944. The van der Waals surface area contributed by atoms with Crippen molar-refractivity contribution in [2.45, 2.75) is 19.8 Å². The molecule has 0 aliphatic heterocycles. The normalized spacial score (nSPS) is 45.1. The number of aliphatic hydroxyl groups excluding tert-OH is 2. The zero-order valence-electron chi connectivity index (χ0n) is 7.45. The van der Waals surface area contributed by atoms with Crippen LogP contribution in [0.4, 0.5) is 0 Å². The Balaban J connectivity index is 2.12. The van der Waals surface area contributed by atoms with Gasteiger partial charge in [0.25, 0.3) is 0 Å². The second kappa shape index (κ2) is 2.57. The second-order valence-corrected chi connectivity index (χ2v) is 4.32. The zero-order chi connectivity index (χ0) is 8.77. The van der Waals surface area contributed by atoms with E-state index in [1.807, 2.05) is 0 Å². The molecule has 0 aromatic rings. The molecule has 0 amide bonds. The van der Waals surface area contributed by atoms with Crippen LogP contribution in [0, 0.1) is 17.3 Å². The van der Waals surface area contributed by atoms with Gasteiger partial charge >= 0.3 is 0 Å². The van der Waals surface area contributed by atoms with Gasteiger partial charge in [0.05, 0.1) is 6.61 Å². The van der Waals surface area contributed by atoms with E-state index < -0.39 is 0 Å². The Morgan fingerprint density at radius 2 is 2.33 bits per heavy atom. The lowest BCUT2D eigenvalue weighted by Gasteiger charge is -2.07. The summed E-state index contributed by atoms with van der Waals surface area (Å²) in [7, 11) is 0. The Labute approximate surface area is 72.9 Å². The fraction of sp³-hybridized carbons (Fsp3) is 0.800. The van der Waals surface area contributed by atoms with Crippen LogP contribution in [0.15, 0.2) is 11.6 Å². The molecule has 0 heterocycles. The summed E-state index contributed by atoms with van der Waals surface area (Å²) in [5, 5.41) is 18.1. The molecule has 68 valence electrons. The summed E-state index contributed by atoms with van der Waals surface area (Å²) in [4.78, 5) is 0. The molecule has 1 saturated carbocycles. The molecule has 2 heteroatoms. The van der Waals surface area contributed by atoms with E-state index in [0.29, 0.717) is 11.8 Å². The van der Waals surface area contributed by atoms with Crippen LogP contribution >= 0.6 is 0 Å². The maximum Gasteiger partial charge on any atom is 0.0641 e. The van der Waals surface area contributed by atoms with Gasteiger partial charge in [0, 0.05) is 12.0 Å². The van der Waals surface area contributed by atoms with Crippen LogP contribution in [0.1, 0.15) is 19.8 Å². The number of rotatable bonds is 2. The van der Waals surface area contributed by atoms with Gasteiger partial charge in [-0.25, -0.2) is 0 Å². The first kappa shape index (κ1) is 8.27. The fourth-order valence-corrected chi connectivity index (χ4v) is 2.55. The van der Waals surface area contributed by atoms with E-state index in [-0.39, 0.29) is 18.6 Å². The van der Waals surface area contributed by atoms with Crippen molar-refractivity contribution in [1.82, 2.24) is 0 Å². The van der Waals surface area contributed by atoms with Crippen molar-refractivity contribution in [3.05, 3.63) is 11.6 Å². The minimum absolute atomic E-state index is 0.136. The molecule has 3 unspecified atom stereocenters. The zero-order valence-corrected chi connectivity index (χ0v) is 7.45. The van der Waals surface area contributed by atoms with E-state index >= 15 is 0 Å². The Morgan fingerprint density at radius 3 is 2.92 bits per heavy atom. The molecule has 0 aromatic heterocycles. The molecule has 2 aliphatic carbocycles. The third kappa shape index (κ3) is 0.947. The van der Waals surface area contributed by atoms with Gasteiger partial charge in [-0.15, -0.1) is 0 Å². The van der Waals surface area contributed by atoms with Crippen LogP contribution in [0.5, 0.6) is 0 Å². The molecule has 0 bridgehead atoms. The minimum Gasteiger partial charge on any atom is -0.396 e. The summed E-state index contributed by atoms with van der Waals surface area (Å²) in [6.45, 7) is 2.63. The first-order valence-corrected chi connectivity index (χ1v) is 4.63. The smallest absolute Gasteiger partial charge is 0.0641 e. The van der Waals surface area contributed by atoms with E-state index in [1.54, 1.807) is 0 Å². The average Bonchev–Trinajstić information content (AvgIpc) is 2.73. The lowest BCUT2D eigenvalue weighted by atomic mass is 10.0. The topological polar surface area (TPSA) is 40.5 Å². The summed E-state index contributed by atoms with van der Waals surface area (Å²) in [5.74, 6) is 1.22. The SMILES string of the molecule is CC1(CO)C2C=C(CO)CCC21. The predicted molar refractivity (Wildman–Crippen MR) is 46.6 cm³/mol. The largest absolute Gasteiger partial charge is 0.396 e. The van der Waals surface area contributed by atoms with Crippen molar-refractivity contribution >= 4 is 0 Å². The molecule has 0 aromatic carbocycles. The molecule has 2 N–H and O–H groups in total. The molecule has 2 nitrogen and oxygen atoms in total. The summed E-state index contributed by atoms with van der Waals surface area (Å²) in [6, 6.07) is 0. The van der Waals surface area contributed by atoms with Crippen molar-refractivity contribution in [3.8, 4) is 0 Å². The van der Waals surface area contributed by atoms with Crippen LogP contribution in [0.3, 0.4) is 0 Å². The van der Waals surface area contributed by atoms with Gasteiger partial charge < -0.3 is 10.2 Å². The Morgan fingerprint density at radius 1 is 1.58 bits per heavy atom. The highest BCUT2D eigenvalue weighted by Crippen LogP contribution is 2.63. The third-order valence-electron chi connectivity index (χ3n) is 3.67. The summed E-state index contributed by atoms with van der Waals surface area (Å²) < 4.78 is 0. The van der Waals surface area contributed by atoms with Crippen molar-refractivity contribution in [1.29, 1.82) is 0 Å². The molecule has 12 heavy (non-hydrogen) atoms. The molecule has 0 radical (unpaired) electrons. The number of aliphatic hydroxyl groups is 2. The van der Waals surface area contributed by atoms with Gasteiger partial charge in [0.2, 0.25) is 0 Å². The molecule has 2 rings (SSSR count). The second-order valence-electron chi connectivity index (χ2n) is 4.32. The van der Waals surface area contributed by atoms with E-state index in [9.17, 15) is 0 Å². The third-order valence-corrected chi connectivity index (χ3v) is 3.67. The van der Waals surface area contributed by atoms with Gasteiger partial charge in [-0.05, 0) is 30.3 Å². The molecule has 0 spiro atoms. The van der Waals surface area contributed by atoms with E-state index in [4.69, 9.17) is 10.2 Å². The Kier molecular flexibility index (Phi) is 1.77.